The molecule has 2 aliphatic rings. The molecule has 10 heteroatoms. The van der Waals surface area contributed by atoms with Gasteiger partial charge < -0.3 is 19.6 Å². The minimum absolute atomic E-state index is 0.146. The van der Waals surface area contributed by atoms with Crippen molar-refractivity contribution in [3.63, 3.8) is 0 Å². The van der Waals surface area contributed by atoms with E-state index < -0.39 is 0 Å². The Kier molecular flexibility index (Phi) is 6.42. The lowest BCUT2D eigenvalue weighted by Crippen LogP contribution is -2.47. The Morgan fingerprint density at radius 1 is 1.00 bits per heavy atom. The van der Waals surface area contributed by atoms with Gasteiger partial charge in [0.15, 0.2) is 0 Å². The fourth-order valence-electron chi connectivity index (χ4n) is 4.64. The van der Waals surface area contributed by atoms with E-state index in [4.69, 9.17) is 21.6 Å². The van der Waals surface area contributed by atoms with Crippen molar-refractivity contribution in [2.75, 3.05) is 61.5 Å². The number of carbonyl (C=O) groups is 1. The van der Waals surface area contributed by atoms with Crippen LogP contribution in [0.3, 0.4) is 0 Å². The van der Waals surface area contributed by atoms with Crippen molar-refractivity contribution in [3.8, 4) is 0 Å². The highest BCUT2D eigenvalue weighted by molar-refractivity contribution is 6.32. The van der Waals surface area contributed by atoms with E-state index >= 15 is 0 Å². The van der Waals surface area contributed by atoms with Crippen LogP contribution in [0.15, 0.2) is 42.6 Å². The SMILES string of the molecule is CN(C)c1nc(N2CCN(c3ccccc3F)CC2)nc2c1CN(C(=O)c1cccnc1Cl)CC2. The van der Waals surface area contributed by atoms with E-state index in [9.17, 15) is 9.18 Å². The summed E-state index contributed by atoms with van der Waals surface area (Å²) in [6, 6.07) is 10.3. The average Bonchev–Trinajstić information content (AvgIpc) is 2.88. The second-order valence-electron chi connectivity index (χ2n) is 8.91. The van der Waals surface area contributed by atoms with E-state index in [-0.39, 0.29) is 16.9 Å². The fraction of sp³-hybridized carbons (Fsp3) is 0.360. The molecule has 0 aliphatic carbocycles. The van der Waals surface area contributed by atoms with Crippen molar-refractivity contribution in [1.29, 1.82) is 0 Å². The number of anilines is 3. The summed E-state index contributed by atoms with van der Waals surface area (Å²) < 4.78 is 14.2. The molecule has 2 aromatic heterocycles. The standard InChI is InChI=1S/C25H27ClFN7O/c1-31(2)23-18-16-34(24(35)17-6-5-10-28-22(17)26)11-9-20(18)29-25(30-23)33-14-12-32(13-15-33)21-8-4-3-7-19(21)27/h3-8,10H,9,11-16H2,1-2H3. The van der Waals surface area contributed by atoms with Crippen molar-refractivity contribution < 1.29 is 9.18 Å². The normalized spacial score (nSPS) is 15.7. The second kappa shape index (κ2) is 9.65. The van der Waals surface area contributed by atoms with Crippen LogP contribution in [0.4, 0.5) is 21.8 Å². The maximum atomic E-state index is 14.2. The number of amides is 1. The van der Waals surface area contributed by atoms with Crippen LogP contribution in [0.2, 0.25) is 5.15 Å². The van der Waals surface area contributed by atoms with E-state index in [0.29, 0.717) is 62.9 Å². The molecule has 1 aromatic carbocycles. The highest BCUT2D eigenvalue weighted by atomic mass is 35.5. The van der Waals surface area contributed by atoms with Gasteiger partial charge in [-0.05, 0) is 24.3 Å². The van der Waals surface area contributed by atoms with Gasteiger partial charge in [-0.2, -0.15) is 4.98 Å². The third kappa shape index (κ3) is 4.60. The van der Waals surface area contributed by atoms with Gasteiger partial charge in [0.25, 0.3) is 5.91 Å². The molecule has 8 nitrogen and oxygen atoms in total. The summed E-state index contributed by atoms with van der Waals surface area (Å²) in [5, 5.41) is 0.206. The highest BCUT2D eigenvalue weighted by Crippen LogP contribution is 2.30. The molecule has 4 heterocycles. The van der Waals surface area contributed by atoms with Crippen molar-refractivity contribution in [2.45, 2.75) is 13.0 Å². The number of carbonyl (C=O) groups excluding carboxylic acids is 1. The molecule has 2 aliphatic heterocycles. The molecule has 1 amide bonds. The van der Waals surface area contributed by atoms with Gasteiger partial charge in [-0.3, -0.25) is 4.79 Å². The van der Waals surface area contributed by atoms with Crippen molar-refractivity contribution >= 4 is 35.0 Å². The van der Waals surface area contributed by atoms with E-state index in [1.165, 1.54) is 6.07 Å². The Labute approximate surface area is 209 Å². The van der Waals surface area contributed by atoms with Crippen molar-refractivity contribution in [1.82, 2.24) is 19.9 Å². The van der Waals surface area contributed by atoms with E-state index in [1.807, 2.05) is 31.1 Å². The summed E-state index contributed by atoms with van der Waals surface area (Å²) in [6.07, 6.45) is 2.20. The predicted octanol–water partition coefficient (Wildman–Crippen LogP) is 3.26. The molecule has 3 aromatic rings. The number of fused-ring (bicyclic) bond motifs is 1. The van der Waals surface area contributed by atoms with Gasteiger partial charge >= 0.3 is 0 Å². The van der Waals surface area contributed by atoms with Gasteiger partial charge in [-0.25, -0.2) is 14.4 Å². The van der Waals surface area contributed by atoms with Crippen LogP contribution in [0, 0.1) is 5.82 Å². The summed E-state index contributed by atoms with van der Waals surface area (Å²) in [4.78, 5) is 34.9. The molecule has 0 spiro atoms. The second-order valence-corrected chi connectivity index (χ2v) is 9.27. The van der Waals surface area contributed by atoms with Gasteiger partial charge in [0.05, 0.1) is 23.5 Å². The molecule has 0 bridgehead atoms. The van der Waals surface area contributed by atoms with Gasteiger partial charge in [-0.15, -0.1) is 0 Å². The summed E-state index contributed by atoms with van der Waals surface area (Å²) in [5.41, 5.74) is 2.93. The van der Waals surface area contributed by atoms with Crippen LogP contribution in [0.5, 0.6) is 0 Å². The molecule has 1 saturated heterocycles. The molecule has 0 saturated carbocycles. The number of benzene rings is 1. The number of nitrogens with zero attached hydrogens (tertiary/aromatic N) is 7. The largest absolute Gasteiger partial charge is 0.366 e. The first-order valence-corrected chi connectivity index (χ1v) is 12.0. The first-order chi connectivity index (χ1) is 16.9. The van der Waals surface area contributed by atoms with Crippen LogP contribution in [0.25, 0.3) is 0 Å². The Balaban J connectivity index is 1.36. The van der Waals surface area contributed by atoms with Crippen LogP contribution in [-0.2, 0) is 13.0 Å². The van der Waals surface area contributed by atoms with E-state index in [2.05, 4.69) is 14.8 Å². The molecule has 182 valence electrons. The smallest absolute Gasteiger partial charge is 0.257 e. The zero-order valence-electron chi connectivity index (χ0n) is 19.8. The lowest BCUT2D eigenvalue weighted by Gasteiger charge is -2.37. The first kappa shape index (κ1) is 23.3. The lowest BCUT2D eigenvalue weighted by atomic mass is 10.0. The summed E-state index contributed by atoms with van der Waals surface area (Å²) in [7, 11) is 3.89. The molecule has 5 rings (SSSR count). The monoisotopic (exact) mass is 495 g/mol. The zero-order chi connectivity index (χ0) is 24.5. The predicted molar refractivity (Wildman–Crippen MR) is 135 cm³/mol. The van der Waals surface area contributed by atoms with E-state index in [0.717, 1.165) is 17.1 Å². The third-order valence-electron chi connectivity index (χ3n) is 6.48. The molecule has 0 N–H and O–H groups in total. The lowest BCUT2D eigenvalue weighted by molar-refractivity contribution is 0.0733. The molecule has 0 atom stereocenters. The molecule has 35 heavy (non-hydrogen) atoms. The van der Waals surface area contributed by atoms with Crippen molar-refractivity contribution in [2.24, 2.45) is 0 Å². The van der Waals surface area contributed by atoms with Gasteiger partial charge in [0.1, 0.15) is 16.8 Å². The number of halogens is 2. The Hall–Kier alpha value is -3.46. The Morgan fingerprint density at radius 2 is 1.74 bits per heavy atom. The van der Waals surface area contributed by atoms with Gasteiger partial charge in [-0.1, -0.05) is 23.7 Å². The number of para-hydroxylation sites is 1. The Morgan fingerprint density at radius 3 is 2.46 bits per heavy atom. The maximum Gasteiger partial charge on any atom is 0.257 e. The number of hydrogen-bond acceptors (Lipinski definition) is 7. The topological polar surface area (TPSA) is 68.7 Å². The average molecular weight is 496 g/mol. The Bertz CT molecular complexity index is 1250. The molecular weight excluding hydrogens is 469 g/mol. The number of piperazine rings is 1. The van der Waals surface area contributed by atoms with Crippen LogP contribution in [0.1, 0.15) is 21.6 Å². The summed E-state index contributed by atoms with van der Waals surface area (Å²) in [5.74, 6) is 1.13. The maximum absolute atomic E-state index is 14.2. The molecule has 0 radical (unpaired) electrons. The number of hydrogen-bond donors (Lipinski definition) is 0. The first-order valence-electron chi connectivity index (χ1n) is 11.6. The zero-order valence-corrected chi connectivity index (χ0v) is 20.5. The van der Waals surface area contributed by atoms with Crippen LogP contribution < -0.4 is 14.7 Å². The van der Waals surface area contributed by atoms with Crippen molar-refractivity contribution in [3.05, 3.63) is 70.4 Å². The molecule has 1 fully saturated rings. The number of pyridine rings is 1. The molecular formula is C25H27ClFN7O. The third-order valence-corrected chi connectivity index (χ3v) is 6.78. The quantitative estimate of drug-likeness (QED) is 0.515. The van der Waals surface area contributed by atoms with Gasteiger partial charge in [0.2, 0.25) is 5.95 Å². The molecule has 0 unspecified atom stereocenters. The number of rotatable bonds is 4. The van der Waals surface area contributed by atoms with Gasteiger partial charge in [0, 0.05) is 65.0 Å². The summed E-state index contributed by atoms with van der Waals surface area (Å²) >= 11 is 6.16. The van der Waals surface area contributed by atoms with Crippen LogP contribution in [-0.4, -0.2) is 72.6 Å². The van der Waals surface area contributed by atoms with E-state index in [1.54, 1.807) is 29.3 Å². The minimum atomic E-state index is -0.201. The summed E-state index contributed by atoms with van der Waals surface area (Å²) in [6.45, 7) is 3.73. The fourth-order valence-corrected chi connectivity index (χ4v) is 4.84. The highest BCUT2D eigenvalue weighted by Gasteiger charge is 2.29. The minimum Gasteiger partial charge on any atom is -0.366 e. The number of aromatic nitrogens is 3. The van der Waals surface area contributed by atoms with Crippen LogP contribution >= 0.6 is 11.6 Å².